The van der Waals surface area contributed by atoms with Gasteiger partial charge in [-0.1, -0.05) is 30.9 Å². The lowest BCUT2D eigenvalue weighted by Gasteiger charge is -2.28. The van der Waals surface area contributed by atoms with Crippen molar-refractivity contribution in [1.82, 2.24) is 9.80 Å². The van der Waals surface area contributed by atoms with E-state index in [1.165, 1.54) is 56.8 Å². The van der Waals surface area contributed by atoms with E-state index in [1.807, 2.05) is 0 Å². The van der Waals surface area contributed by atoms with Gasteiger partial charge in [-0.2, -0.15) is 0 Å². The van der Waals surface area contributed by atoms with Crippen molar-refractivity contribution in [2.75, 3.05) is 44.6 Å². The van der Waals surface area contributed by atoms with E-state index in [2.05, 4.69) is 15.1 Å². The van der Waals surface area contributed by atoms with Crippen LogP contribution in [-0.4, -0.2) is 55.0 Å². The van der Waals surface area contributed by atoms with Crippen molar-refractivity contribution in [2.45, 2.75) is 38.5 Å². The first-order valence-electron chi connectivity index (χ1n) is 9.80. The molecule has 1 aromatic carbocycles. The molecule has 0 radical (unpaired) electrons. The smallest absolute Gasteiger partial charge is 0.238 e. The SMILES string of the molecule is O=C(CN1CCCN(CC2CCCCC2)CC1)Nc1cc(Cl)ccc1F. The van der Waals surface area contributed by atoms with Crippen LogP contribution in [0.2, 0.25) is 5.02 Å². The van der Waals surface area contributed by atoms with Crippen LogP contribution >= 0.6 is 11.6 Å². The lowest BCUT2D eigenvalue weighted by atomic mass is 9.89. The molecule has 1 saturated heterocycles. The standard InChI is InChI=1S/C20H29ClFN3O/c21-17-7-8-18(22)19(13-17)23-20(26)15-25-10-4-9-24(11-12-25)14-16-5-2-1-3-6-16/h7-8,13,16H,1-6,9-12,14-15H2,(H,23,26). The molecule has 3 rings (SSSR count). The van der Waals surface area contributed by atoms with Crippen molar-refractivity contribution >= 4 is 23.2 Å². The van der Waals surface area contributed by atoms with Crippen LogP contribution in [0.15, 0.2) is 18.2 Å². The number of amides is 1. The zero-order valence-electron chi connectivity index (χ0n) is 15.4. The Kier molecular flexibility index (Phi) is 7.29. The van der Waals surface area contributed by atoms with E-state index >= 15 is 0 Å². The van der Waals surface area contributed by atoms with E-state index in [1.54, 1.807) is 0 Å². The molecule has 2 fully saturated rings. The third kappa shape index (κ3) is 5.93. The van der Waals surface area contributed by atoms with E-state index in [9.17, 15) is 9.18 Å². The van der Waals surface area contributed by atoms with Gasteiger partial charge in [-0.3, -0.25) is 9.69 Å². The van der Waals surface area contributed by atoms with Gasteiger partial charge in [-0.15, -0.1) is 0 Å². The van der Waals surface area contributed by atoms with Crippen LogP contribution in [0, 0.1) is 11.7 Å². The number of anilines is 1. The van der Waals surface area contributed by atoms with Crippen molar-refractivity contribution in [1.29, 1.82) is 0 Å². The molecule has 0 atom stereocenters. The summed E-state index contributed by atoms with van der Waals surface area (Å²) in [4.78, 5) is 17.0. The molecule has 26 heavy (non-hydrogen) atoms. The Hall–Kier alpha value is -1.17. The number of benzene rings is 1. The molecule has 0 aromatic heterocycles. The van der Waals surface area contributed by atoms with E-state index < -0.39 is 5.82 Å². The van der Waals surface area contributed by atoms with Gasteiger partial charge in [-0.05, 0) is 56.5 Å². The van der Waals surface area contributed by atoms with Gasteiger partial charge in [0, 0.05) is 24.7 Å². The lowest BCUT2D eigenvalue weighted by molar-refractivity contribution is -0.117. The molecule has 1 saturated carbocycles. The number of carbonyl (C=O) groups is 1. The fraction of sp³-hybridized carbons (Fsp3) is 0.650. The van der Waals surface area contributed by atoms with Crippen LogP contribution in [-0.2, 0) is 4.79 Å². The van der Waals surface area contributed by atoms with E-state index in [0.717, 1.165) is 38.5 Å². The van der Waals surface area contributed by atoms with E-state index in [0.29, 0.717) is 11.6 Å². The molecule has 1 aromatic rings. The second kappa shape index (κ2) is 9.67. The minimum atomic E-state index is -0.461. The quantitative estimate of drug-likeness (QED) is 0.837. The Morgan fingerprint density at radius 2 is 1.81 bits per heavy atom. The first-order valence-corrected chi connectivity index (χ1v) is 10.2. The largest absolute Gasteiger partial charge is 0.322 e. The molecule has 0 bridgehead atoms. The van der Waals surface area contributed by atoms with Gasteiger partial charge in [0.15, 0.2) is 0 Å². The van der Waals surface area contributed by atoms with Gasteiger partial charge in [0.25, 0.3) is 0 Å². The van der Waals surface area contributed by atoms with Crippen LogP contribution < -0.4 is 5.32 Å². The molecule has 1 heterocycles. The number of halogens is 2. The summed E-state index contributed by atoms with van der Waals surface area (Å²) < 4.78 is 13.8. The molecule has 2 aliphatic rings. The van der Waals surface area contributed by atoms with E-state index in [-0.39, 0.29) is 11.6 Å². The zero-order chi connectivity index (χ0) is 18.4. The Labute approximate surface area is 160 Å². The molecule has 1 aliphatic heterocycles. The number of rotatable bonds is 5. The highest BCUT2D eigenvalue weighted by molar-refractivity contribution is 6.30. The normalized spacial score (nSPS) is 20.7. The van der Waals surface area contributed by atoms with Gasteiger partial charge in [0.2, 0.25) is 5.91 Å². The molecule has 1 aliphatic carbocycles. The van der Waals surface area contributed by atoms with Crippen molar-refractivity contribution in [3.63, 3.8) is 0 Å². The Bertz CT molecular complexity index is 607. The summed E-state index contributed by atoms with van der Waals surface area (Å²) >= 11 is 5.88. The highest BCUT2D eigenvalue weighted by atomic mass is 35.5. The Balaban J connectivity index is 1.45. The van der Waals surface area contributed by atoms with E-state index in [4.69, 9.17) is 11.6 Å². The Morgan fingerprint density at radius 3 is 2.62 bits per heavy atom. The summed E-state index contributed by atoms with van der Waals surface area (Å²) in [5.41, 5.74) is 0.149. The Morgan fingerprint density at radius 1 is 1.08 bits per heavy atom. The van der Waals surface area contributed by atoms with Crippen molar-refractivity contribution in [2.24, 2.45) is 5.92 Å². The van der Waals surface area contributed by atoms with Crippen molar-refractivity contribution in [3.05, 3.63) is 29.0 Å². The number of hydrogen-bond donors (Lipinski definition) is 1. The van der Waals surface area contributed by atoms with Crippen LogP contribution in [0.4, 0.5) is 10.1 Å². The molecular formula is C20H29ClFN3O. The lowest BCUT2D eigenvalue weighted by Crippen LogP contribution is -2.37. The van der Waals surface area contributed by atoms with Gasteiger partial charge in [0.05, 0.1) is 12.2 Å². The third-order valence-electron chi connectivity index (χ3n) is 5.49. The maximum atomic E-state index is 13.8. The number of nitrogens with one attached hydrogen (secondary N) is 1. The van der Waals surface area contributed by atoms with Crippen molar-refractivity contribution in [3.8, 4) is 0 Å². The average molecular weight is 382 g/mol. The first kappa shape index (κ1) is 19.6. The minimum Gasteiger partial charge on any atom is -0.322 e. The summed E-state index contributed by atoms with van der Waals surface area (Å²) in [6.07, 6.45) is 7.97. The predicted octanol–water partition coefficient (Wildman–Crippen LogP) is 4.01. The summed E-state index contributed by atoms with van der Waals surface area (Å²) in [5, 5.41) is 3.05. The monoisotopic (exact) mass is 381 g/mol. The average Bonchev–Trinajstić information content (AvgIpc) is 2.84. The van der Waals surface area contributed by atoms with Gasteiger partial charge in [0.1, 0.15) is 5.82 Å². The molecule has 144 valence electrons. The molecule has 4 nitrogen and oxygen atoms in total. The molecule has 0 spiro atoms. The van der Waals surface area contributed by atoms with Gasteiger partial charge < -0.3 is 10.2 Å². The summed E-state index contributed by atoms with van der Waals surface area (Å²) in [7, 11) is 0. The summed E-state index contributed by atoms with van der Waals surface area (Å²) in [6, 6.07) is 4.19. The molecule has 0 unspecified atom stereocenters. The third-order valence-corrected chi connectivity index (χ3v) is 5.73. The van der Waals surface area contributed by atoms with Crippen molar-refractivity contribution < 1.29 is 9.18 Å². The zero-order valence-corrected chi connectivity index (χ0v) is 16.1. The molecule has 6 heteroatoms. The van der Waals surface area contributed by atoms with Gasteiger partial charge in [-0.25, -0.2) is 4.39 Å². The summed E-state index contributed by atoms with van der Waals surface area (Å²) in [6.45, 7) is 5.41. The molecule has 1 N–H and O–H groups in total. The number of carbonyl (C=O) groups excluding carboxylic acids is 1. The topological polar surface area (TPSA) is 35.6 Å². The summed E-state index contributed by atoms with van der Waals surface area (Å²) in [5.74, 6) is 0.202. The fourth-order valence-electron chi connectivity index (χ4n) is 4.09. The highest BCUT2D eigenvalue weighted by Crippen LogP contribution is 2.25. The maximum Gasteiger partial charge on any atom is 0.238 e. The van der Waals surface area contributed by atoms with Gasteiger partial charge >= 0.3 is 0 Å². The molecule has 1 amide bonds. The second-order valence-electron chi connectivity index (χ2n) is 7.61. The van der Waals surface area contributed by atoms with Crippen LogP contribution in [0.3, 0.4) is 0 Å². The highest BCUT2D eigenvalue weighted by Gasteiger charge is 2.21. The maximum absolute atomic E-state index is 13.8. The first-order chi connectivity index (χ1) is 12.6. The number of nitrogens with zero attached hydrogens (tertiary/aromatic N) is 2. The minimum absolute atomic E-state index is 0.149. The fourth-order valence-corrected chi connectivity index (χ4v) is 4.26. The van der Waals surface area contributed by atoms with Crippen LogP contribution in [0.5, 0.6) is 0 Å². The number of hydrogen-bond acceptors (Lipinski definition) is 3. The van der Waals surface area contributed by atoms with Crippen LogP contribution in [0.1, 0.15) is 38.5 Å². The predicted molar refractivity (Wildman–Crippen MR) is 104 cm³/mol. The van der Waals surface area contributed by atoms with Crippen LogP contribution in [0.25, 0.3) is 0 Å². The molecular weight excluding hydrogens is 353 g/mol. The second-order valence-corrected chi connectivity index (χ2v) is 8.04.